The second kappa shape index (κ2) is 6.45. The third-order valence-corrected chi connectivity index (χ3v) is 3.52. The monoisotopic (exact) mass is 239 g/mol. The predicted octanol–water partition coefficient (Wildman–Crippen LogP) is 1.97. The van der Waals surface area contributed by atoms with Gasteiger partial charge in [-0.2, -0.15) is 0 Å². The summed E-state index contributed by atoms with van der Waals surface area (Å²) in [7, 11) is -3.27. The molecule has 0 atom stereocenters. The van der Waals surface area contributed by atoms with Crippen molar-refractivity contribution < 1.29 is 8.42 Å². The Hall–Kier alpha value is -1.13. The SMILES string of the molecule is CCCNC/C=C/S(=O)(=O)c1ccccc1. The fraction of sp³-hybridized carbons (Fsp3) is 0.333. The minimum absolute atomic E-state index is 0.335. The van der Waals surface area contributed by atoms with E-state index in [0.29, 0.717) is 11.4 Å². The van der Waals surface area contributed by atoms with E-state index in [0.717, 1.165) is 13.0 Å². The molecule has 88 valence electrons. The van der Waals surface area contributed by atoms with E-state index < -0.39 is 9.84 Å². The molecule has 0 saturated heterocycles. The molecule has 0 radical (unpaired) electrons. The van der Waals surface area contributed by atoms with Crippen LogP contribution in [0.1, 0.15) is 13.3 Å². The molecule has 0 fully saturated rings. The first-order chi connectivity index (χ1) is 7.67. The van der Waals surface area contributed by atoms with Gasteiger partial charge in [-0.25, -0.2) is 8.42 Å². The number of benzene rings is 1. The van der Waals surface area contributed by atoms with Gasteiger partial charge in [0.05, 0.1) is 4.90 Å². The third-order valence-electron chi connectivity index (χ3n) is 2.04. The van der Waals surface area contributed by atoms with E-state index >= 15 is 0 Å². The van der Waals surface area contributed by atoms with Crippen LogP contribution in [0.3, 0.4) is 0 Å². The molecule has 0 saturated carbocycles. The molecule has 1 N–H and O–H groups in total. The zero-order valence-corrected chi connectivity index (χ0v) is 10.2. The first-order valence-corrected chi connectivity index (χ1v) is 6.89. The topological polar surface area (TPSA) is 46.2 Å². The lowest BCUT2D eigenvalue weighted by atomic mass is 10.4. The van der Waals surface area contributed by atoms with Crippen molar-refractivity contribution in [2.75, 3.05) is 13.1 Å². The zero-order valence-electron chi connectivity index (χ0n) is 9.39. The highest BCUT2D eigenvalue weighted by Crippen LogP contribution is 2.10. The fourth-order valence-electron chi connectivity index (χ4n) is 1.23. The molecule has 0 bridgehead atoms. The van der Waals surface area contributed by atoms with Gasteiger partial charge in [0.15, 0.2) is 9.84 Å². The maximum atomic E-state index is 11.8. The summed E-state index contributed by atoms with van der Waals surface area (Å²) in [5.41, 5.74) is 0. The third kappa shape index (κ3) is 4.16. The minimum Gasteiger partial charge on any atom is -0.313 e. The average molecular weight is 239 g/mol. The lowest BCUT2D eigenvalue weighted by Gasteiger charge is -1.99. The van der Waals surface area contributed by atoms with E-state index in [4.69, 9.17) is 0 Å². The van der Waals surface area contributed by atoms with Crippen LogP contribution in [0.25, 0.3) is 0 Å². The van der Waals surface area contributed by atoms with E-state index in [2.05, 4.69) is 12.2 Å². The molecule has 0 spiro atoms. The highest BCUT2D eigenvalue weighted by Gasteiger charge is 2.07. The summed E-state index contributed by atoms with van der Waals surface area (Å²) in [4.78, 5) is 0.335. The molecule has 16 heavy (non-hydrogen) atoms. The Morgan fingerprint density at radius 1 is 1.25 bits per heavy atom. The molecule has 0 aliphatic carbocycles. The normalized spacial score (nSPS) is 12.1. The molecule has 1 aromatic carbocycles. The largest absolute Gasteiger partial charge is 0.313 e. The Morgan fingerprint density at radius 3 is 2.56 bits per heavy atom. The van der Waals surface area contributed by atoms with Gasteiger partial charge in [0.2, 0.25) is 0 Å². The van der Waals surface area contributed by atoms with Crippen LogP contribution in [0.15, 0.2) is 46.7 Å². The van der Waals surface area contributed by atoms with Crippen LogP contribution >= 0.6 is 0 Å². The molecular formula is C12H17NO2S. The fourth-order valence-corrected chi connectivity index (χ4v) is 2.27. The lowest BCUT2D eigenvalue weighted by Crippen LogP contribution is -2.14. The van der Waals surface area contributed by atoms with Crippen LogP contribution < -0.4 is 5.32 Å². The van der Waals surface area contributed by atoms with E-state index in [1.807, 2.05) is 0 Å². The van der Waals surface area contributed by atoms with Crippen LogP contribution in [0, 0.1) is 0 Å². The standard InChI is InChI=1S/C12H17NO2S/c1-2-9-13-10-6-11-16(14,15)12-7-4-3-5-8-12/h3-8,11,13H,2,9-10H2,1H3/b11-6+. The second-order valence-corrected chi connectivity index (χ2v) is 5.27. The van der Waals surface area contributed by atoms with Crippen molar-refractivity contribution in [1.29, 1.82) is 0 Å². The van der Waals surface area contributed by atoms with Gasteiger partial charge in [0, 0.05) is 12.0 Å². The average Bonchev–Trinajstić information content (AvgIpc) is 2.30. The Balaban J connectivity index is 2.59. The van der Waals surface area contributed by atoms with Gasteiger partial charge >= 0.3 is 0 Å². The number of hydrogen-bond donors (Lipinski definition) is 1. The Bertz CT molecular complexity index is 424. The first kappa shape index (κ1) is 12.9. The second-order valence-electron chi connectivity index (χ2n) is 3.43. The molecule has 0 aromatic heterocycles. The van der Waals surface area contributed by atoms with Gasteiger partial charge in [-0.1, -0.05) is 31.2 Å². The van der Waals surface area contributed by atoms with E-state index in [1.165, 1.54) is 5.41 Å². The Kier molecular flexibility index (Phi) is 5.22. The van der Waals surface area contributed by atoms with Crippen molar-refractivity contribution in [3.63, 3.8) is 0 Å². The Labute approximate surface area is 97.1 Å². The summed E-state index contributed by atoms with van der Waals surface area (Å²) in [6.45, 7) is 3.55. The molecule has 1 rings (SSSR count). The lowest BCUT2D eigenvalue weighted by molar-refractivity contribution is 0.604. The molecule has 0 unspecified atom stereocenters. The van der Waals surface area contributed by atoms with Gasteiger partial charge in [-0.3, -0.25) is 0 Å². The van der Waals surface area contributed by atoms with Crippen molar-refractivity contribution >= 4 is 9.84 Å². The quantitative estimate of drug-likeness (QED) is 0.772. The predicted molar refractivity (Wildman–Crippen MR) is 65.9 cm³/mol. The first-order valence-electron chi connectivity index (χ1n) is 5.34. The molecule has 4 heteroatoms. The van der Waals surface area contributed by atoms with Gasteiger partial charge in [0.1, 0.15) is 0 Å². The summed E-state index contributed by atoms with van der Waals surface area (Å²) in [6, 6.07) is 8.43. The molecule has 3 nitrogen and oxygen atoms in total. The molecule has 0 aliphatic heterocycles. The van der Waals surface area contributed by atoms with Gasteiger partial charge < -0.3 is 5.32 Å². The van der Waals surface area contributed by atoms with Gasteiger partial charge in [0.25, 0.3) is 0 Å². The highest BCUT2D eigenvalue weighted by atomic mass is 32.2. The Morgan fingerprint density at radius 2 is 1.94 bits per heavy atom. The molecule has 0 aliphatic rings. The zero-order chi connectivity index (χ0) is 11.9. The van der Waals surface area contributed by atoms with Crippen molar-refractivity contribution in [3.8, 4) is 0 Å². The number of sulfone groups is 1. The maximum absolute atomic E-state index is 11.8. The summed E-state index contributed by atoms with van der Waals surface area (Å²) in [5, 5.41) is 4.36. The summed E-state index contributed by atoms with van der Waals surface area (Å²) < 4.78 is 23.5. The van der Waals surface area contributed by atoms with Crippen molar-refractivity contribution in [2.45, 2.75) is 18.2 Å². The number of hydrogen-bond acceptors (Lipinski definition) is 3. The maximum Gasteiger partial charge on any atom is 0.199 e. The van der Waals surface area contributed by atoms with Crippen LogP contribution in [0.5, 0.6) is 0 Å². The van der Waals surface area contributed by atoms with Crippen LogP contribution in [-0.2, 0) is 9.84 Å². The summed E-state index contributed by atoms with van der Waals surface area (Å²) in [6.07, 6.45) is 2.68. The summed E-state index contributed by atoms with van der Waals surface area (Å²) in [5.74, 6) is 0. The van der Waals surface area contributed by atoms with E-state index in [1.54, 1.807) is 36.4 Å². The van der Waals surface area contributed by atoms with E-state index in [-0.39, 0.29) is 0 Å². The van der Waals surface area contributed by atoms with Crippen molar-refractivity contribution in [3.05, 3.63) is 41.8 Å². The smallest absolute Gasteiger partial charge is 0.199 e. The van der Waals surface area contributed by atoms with Gasteiger partial charge in [-0.15, -0.1) is 0 Å². The molecule has 0 amide bonds. The molecular weight excluding hydrogens is 222 g/mol. The van der Waals surface area contributed by atoms with Crippen LogP contribution in [0.4, 0.5) is 0 Å². The molecule has 0 heterocycles. The number of rotatable bonds is 6. The number of nitrogens with one attached hydrogen (secondary N) is 1. The van der Waals surface area contributed by atoms with Crippen LogP contribution in [0.2, 0.25) is 0 Å². The summed E-state index contributed by atoms with van der Waals surface area (Å²) >= 11 is 0. The minimum atomic E-state index is -3.27. The van der Waals surface area contributed by atoms with E-state index in [9.17, 15) is 8.42 Å². The van der Waals surface area contributed by atoms with Crippen molar-refractivity contribution in [1.82, 2.24) is 5.32 Å². The van der Waals surface area contributed by atoms with Crippen molar-refractivity contribution in [2.24, 2.45) is 0 Å². The highest BCUT2D eigenvalue weighted by molar-refractivity contribution is 7.94. The van der Waals surface area contributed by atoms with Gasteiger partial charge in [-0.05, 0) is 25.1 Å². The van der Waals surface area contributed by atoms with Crippen LogP contribution in [-0.4, -0.2) is 21.5 Å². The molecule has 1 aromatic rings.